The molecule has 3 rings (SSSR count). The summed E-state index contributed by atoms with van der Waals surface area (Å²) in [5, 5.41) is 10.5. The number of hydrogen-bond acceptors (Lipinski definition) is 3. The van der Waals surface area contributed by atoms with Crippen molar-refractivity contribution in [1.29, 1.82) is 0 Å². The van der Waals surface area contributed by atoms with Crippen LogP contribution in [-0.2, 0) is 6.54 Å². The van der Waals surface area contributed by atoms with E-state index in [0.717, 1.165) is 39.0 Å². The lowest BCUT2D eigenvalue weighted by molar-refractivity contribution is 0.781. The van der Waals surface area contributed by atoms with Gasteiger partial charge < -0.3 is 10.3 Å². The normalized spacial score (nSPS) is 11.2. The Hall–Kier alpha value is -1.66. The molecule has 5 nitrogen and oxygen atoms in total. The van der Waals surface area contributed by atoms with Gasteiger partial charge in [-0.2, -0.15) is 5.10 Å². The minimum Gasteiger partial charge on any atom is -0.345 e. The maximum Gasteiger partial charge on any atom is 0.107 e. The van der Waals surface area contributed by atoms with Crippen molar-refractivity contribution in [1.82, 2.24) is 25.5 Å². The zero-order valence-corrected chi connectivity index (χ0v) is 11.4. The number of H-pyrrole nitrogens is 2. The van der Waals surface area contributed by atoms with Gasteiger partial charge in [-0.05, 0) is 35.1 Å². The van der Waals surface area contributed by atoms with Gasteiger partial charge in [-0.15, -0.1) is 0 Å². The molecular weight excluding hydrogens is 294 g/mol. The van der Waals surface area contributed by atoms with E-state index in [1.807, 2.05) is 25.2 Å². The number of aromatic amines is 2. The first kappa shape index (κ1) is 11.4. The number of fused-ring (bicyclic) bond motifs is 1. The van der Waals surface area contributed by atoms with E-state index in [9.17, 15) is 0 Å². The van der Waals surface area contributed by atoms with Crippen molar-refractivity contribution < 1.29 is 0 Å². The minimum atomic E-state index is 0.750. The molecule has 0 aliphatic carbocycles. The molecule has 6 heteroatoms. The smallest absolute Gasteiger partial charge is 0.107 e. The van der Waals surface area contributed by atoms with Crippen LogP contribution in [0, 0.1) is 0 Å². The van der Waals surface area contributed by atoms with Crippen LogP contribution in [0.3, 0.4) is 0 Å². The second kappa shape index (κ2) is 4.55. The van der Waals surface area contributed by atoms with Crippen LogP contribution in [0.5, 0.6) is 0 Å². The Morgan fingerprint density at radius 1 is 1.39 bits per heavy atom. The maximum atomic E-state index is 4.35. The van der Waals surface area contributed by atoms with Crippen LogP contribution in [0.25, 0.3) is 22.3 Å². The molecule has 3 N–H and O–H groups in total. The van der Waals surface area contributed by atoms with Gasteiger partial charge in [0.1, 0.15) is 5.69 Å². The number of imidazole rings is 1. The number of benzene rings is 1. The average molecular weight is 306 g/mol. The summed E-state index contributed by atoms with van der Waals surface area (Å²) >= 11 is 3.58. The Labute approximate surface area is 112 Å². The summed E-state index contributed by atoms with van der Waals surface area (Å²) in [5.41, 5.74) is 4.98. The molecule has 0 saturated heterocycles. The quantitative estimate of drug-likeness (QED) is 0.696. The lowest BCUT2D eigenvalue weighted by Crippen LogP contribution is -2.05. The molecule has 0 aliphatic heterocycles. The molecule has 0 bridgehead atoms. The van der Waals surface area contributed by atoms with E-state index < -0.39 is 0 Å². The van der Waals surface area contributed by atoms with Crippen molar-refractivity contribution in [3.63, 3.8) is 0 Å². The molecule has 0 amide bonds. The summed E-state index contributed by atoms with van der Waals surface area (Å²) in [6, 6.07) is 6.06. The van der Waals surface area contributed by atoms with Crippen molar-refractivity contribution in [2.75, 3.05) is 7.05 Å². The molecule has 2 aromatic heterocycles. The Balaban J connectivity index is 2.07. The van der Waals surface area contributed by atoms with Crippen LogP contribution in [0.15, 0.2) is 29.0 Å². The molecule has 0 spiro atoms. The lowest BCUT2D eigenvalue weighted by atomic mass is 10.1. The molecule has 92 valence electrons. The summed E-state index contributed by atoms with van der Waals surface area (Å²) < 4.78 is 0.996. The molecule has 0 atom stereocenters. The lowest BCUT2D eigenvalue weighted by Gasteiger charge is -1.99. The van der Waals surface area contributed by atoms with E-state index in [2.05, 4.69) is 41.4 Å². The fourth-order valence-corrected chi connectivity index (χ4v) is 2.48. The average Bonchev–Trinajstić information content (AvgIpc) is 2.97. The highest BCUT2D eigenvalue weighted by molar-refractivity contribution is 9.10. The second-order valence-corrected chi connectivity index (χ2v) is 4.82. The number of nitrogens with one attached hydrogen (secondary N) is 3. The molecular formula is C12H12BrN5. The van der Waals surface area contributed by atoms with Crippen LogP contribution in [0.2, 0.25) is 0 Å². The van der Waals surface area contributed by atoms with Gasteiger partial charge in [-0.1, -0.05) is 6.07 Å². The summed E-state index contributed by atoms with van der Waals surface area (Å²) in [6.07, 6.45) is 1.69. The van der Waals surface area contributed by atoms with Crippen LogP contribution in [0.1, 0.15) is 5.69 Å². The molecule has 3 aromatic rings. The standard InChI is InChI=1S/C12H12BrN5/c1-14-5-10-11(13)12(18-17-10)7-2-3-8-9(4-7)16-6-15-8/h2-4,6,14H,5H2,1H3,(H,15,16)(H,17,18). The van der Waals surface area contributed by atoms with Gasteiger partial charge in [0.15, 0.2) is 0 Å². The van der Waals surface area contributed by atoms with Gasteiger partial charge in [0.05, 0.1) is 27.5 Å². The van der Waals surface area contributed by atoms with Crippen LogP contribution < -0.4 is 5.32 Å². The third-order valence-electron chi connectivity index (χ3n) is 2.82. The molecule has 0 fully saturated rings. The molecule has 2 heterocycles. The number of nitrogens with zero attached hydrogens (tertiary/aromatic N) is 2. The van der Waals surface area contributed by atoms with E-state index in [0.29, 0.717) is 0 Å². The highest BCUT2D eigenvalue weighted by Gasteiger charge is 2.12. The second-order valence-electron chi connectivity index (χ2n) is 4.03. The van der Waals surface area contributed by atoms with Gasteiger partial charge in [-0.25, -0.2) is 4.98 Å². The maximum absolute atomic E-state index is 4.35. The third kappa shape index (κ3) is 1.83. The molecule has 0 unspecified atom stereocenters. The van der Waals surface area contributed by atoms with Crippen molar-refractivity contribution in [2.45, 2.75) is 6.54 Å². The minimum absolute atomic E-state index is 0.750. The van der Waals surface area contributed by atoms with Gasteiger partial charge in [-0.3, -0.25) is 5.10 Å². The van der Waals surface area contributed by atoms with E-state index in [4.69, 9.17) is 0 Å². The Morgan fingerprint density at radius 2 is 2.28 bits per heavy atom. The molecule has 0 aliphatic rings. The fourth-order valence-electron chi connectivity index (χ4n) is 1.93. The zero-order valence-electron chi connectivity index (χ0n) is 9.79. The first-order valence-corrected chi connectivity index (χ1v) is 6.39. The van der Waals surface area contributed by atoms with E-state index >= 15 is 0 Å². The summed E-state index contributed by atoms with van der Waals surface area (Å²) in [6.45, 7) is 0.750. The van der Waals surface area contributed by atoms with Crippen molar-refractivity contribution in [3.05, 3.63) is 34.7 Å². The number of hydrogen-bond donors (Lipinski definition) is 3. The molecule has 1 aromatic carbocycles. The summed E-state index contributed by atoms with van der Waals surface area (Å²) in [4.78, 5) is 7.31. The van der Waals surface area contributed by atoms with Gasteiger partial charge >= 0.3 is 0 Å². The number of aromatic nitrogens is 4. The van der Waals surface area contributed by atoms with Crippen molar-refractivity contribution in [2.24, 2.45) is 0 Å². The van der Waals surface area contributed by atoms with E-state index in [-0.39, 0.29) is 0 Å². The predicted octanol–water partition coefficient (Wildman–Crippen LogP) is 2.43. The van der Waals surface area contributed by atoms with Crippen LogP contribution in [-0.4, -0.2) is 27.2 Å². The van der Waals surface area contributed by atoms with Crippen molar-refractivity contribution in [3.8, 4) is 11.3 Å². The predicted molar refractivity (Wildman–Crippen MR) is 74.1 cm³/mol. The summed E-state index contributed by atoms with van der Waals surface area (Å²) in [7, 11) is 1.91. The van der Waals surface area contributed by atoms with E-state index in [1.54, 1.807) is 6.33 Å². The summed E-state index contributed by atoms with van der Waals surface area (Å²) in [5.74, 6) is 0. The SMILES string of the molecule is CNCc1[nH]nc(-c2ccc3nc[nH]c3c2)c1Br. The number of rotatable bonds is 3. The third-order valence-corrected chi connectivity index (χ3v) is 3.68. The monoisotopic (exact) mass is 305 g/mol. The first-order chi connectivity index (χ1) is 8.79. The largest absolute Gasteiger partial charge is 0.345 e. The fraction of sp³-hybridized carbons (Fsp3) is 0.167. The highest BCUT2D eigenvalue weighted by Crippen LogP contribution is 2.30. The topological polar surface area (TPSA) is 69.4 Å². The Kier molecular flexibility index (Phi) is 2.89. The number of halogens is 1. The Morgan fingerprint density at radius 3 is 3.11 bits per heavy atom. The molecule has 18 heavy (non-hydrogen) atoms. The van der Waals surface area contributed by atoms with E-state index in [1.165, 1.54) is 0 Å². The molecule has 0 saturated carbocycles. The highest BCUT2D eigenvalue weighted by atomic mass is 79.9. The zero-order chi connectivity index (χ0) is 12.5. The van der Waals surface area contributed by atoms with Crippen LogP contribution >= 0.6 is 15.9 Å². The first-order valence-electron chi connectivity index (χ1n) is 5.60. The van der Waals surface area contributed by atoms with Gasteiger partial charge in [0.25, 0.3) is 0 Å². The van der Waals surface area contributed by atoms with Crippen molar-refractivity contribution >= 4 is 27.0 Å². The molecule has 0 radical (unpaired) electrons. The van der Waals surface area contributed by atoms with Crippen LogP contribution in [0.4, 0.5) is 0 Å². The van der Waals surface area contributed by atoms with Gasteiger partial charge in [0, 0.05) is 12.1 Å². The Bertz CT molecular complexity index is 685. The van der Waals surface area contributed by atoms with Gasteiger partial charge in [0.2, 0.25) is 0 Å².